The first-order chi connectivity index (χ1) is 11.5. The van der Waals surface area contributed by atoms with Crippen LogP contribution in [0.4, 0.5) is 5.69 Å². The van der Waals surface area contributed by atoms with Gasteiger partial charge in [-0.05, 0) is 45.7 Å². The molecule has 0 aliphatic carbocycles. The van der Waals surface area contributed by atoms with Crippen LogP contribution < -0.4 is 0 Å². The van der Waals surface area contributed by atoms with Crippen LogP contribution >= 0.6 is 0 Å². The first kappa shape index (κ1) is 19.1. The molecule has 1 aromatic carbocycles. The summed E-state index contributed by atoms with van der Waals surface area (Å²) in [6, 6.07) is 6.56. The van der Waals surface area contributed by atoms with Gasteiger partial charge in [0.1, 0.15) is 0 Å². The van der Waals surface area contributed by atoms with Gasteiger partial charge in [-0.2, -0.15) is 4.58 Å². The predicted molar refractivity (Wildman–Crippen MR) is 97.4 cm³/mol. The summed E-state index contributed by atoms with van der Waals surface area (Å²) in [5.41, 5.74) is 5.17. The van der Waals surface area contributed by atoms with E-state index in [1.54, 1.807) is 0 Å². The largest absolute Gasteiger partial charge is 0.396 e. The molecule has 0 bridgehead atoms. The third-order valence-electron chi connectivity index (χ3n) is 5.03. The lowest BCUT2D eigenvalue weighted by Gasteiger charge is -2.16. The molecular weight excluding hydrogens is 302 g/mol. The summed E-state index contributed by atoms with van der Waals surface area (Å²) >= 11 is 0. The second kappa shape index (κ2) is 8.24. The fraction of sp³-hybridized carbons (Fsp3) is 0.650. The van der Waals surface area contributed by atoms with Crippen molar-refractivity contribution in [3.8, 4) is 0 Å². The molecule has 0 unspecified atom stereocenters. The van der Waals surface area contributed by atoms with Gasteiger partial charge in [-0.3, -0.25) is 0 Å². The molecule has 134 valence electrons. The Morgan fingerprint density at radius 3 is 2.42 bits per heavy atom. The van der Waals surface area contributed by atoms with Crippen LogP contribution in [0.3, 0.4) is 0 Å². The molecule has 1 aromatic rings. The monoisotopic (exact) mass is 334 g/mol. The Bertz CT molecular complexity index is 587. The Morgan fingerprint density at radius 2 is 1.83 bits per heavy atom. The number of ether oxygens (including phenoxy) is 2. The van der Waals surface area contributed by atoms with Crippen molar-refractivity contribution in [1.82, 2.24) is 0 Å². The summed E-state index contributed by atoms with van der Waals surface area (Å²) < 4.78 is 13.8. The van der Waals surface area contributed by atoms with Crippen molar-refractivity contribution in [1.29, 1.82) is 0 Å². The zero-order valence-electron chi connectivity index (χ0n) is 15.8. The molecule has 0 atom stereocenters. The number of rotatable bonds is 9. The SMILES string of the molecule is CCOC(CC[N+]1=C(C)C(C)(C)c2cc(CCO)ccc21)OCC. The van der Waals surface area contributed by atoms with E-state index in [1.165, 1.54) is 22.5 Å². The van der Waals surface area contributed by atoms with Crippen LogP contribution in [0.5, 0.6) is 0 Å². The van der Waals surface area contributed by atoms with E-state index in [1.807, 2.05) is 13.8 Å². The highest BCUT2D eigenvalue weighted by atomic mass is 16.7. The maximum absolute atomic E-state index is 9.21. The molecule has 1 aliphatic heterocycles. The number of aliphatic hydroxyl groups excluding tert-OH is 1. The fourth-order valence-corrected chi connectivity index (χ4v) is 3.43. The van der Waals surface area contributed by atoms with E-state index in [4.69, 9.17) is 9.47 Å². The first-order valence-electron chi connectivity index (χ1n) is 9.04. The summed E-state index contributed by atoms with van der Waals surface area (Å²) in [7, 11) is 0. The quantitative estimate of drug-likeness (QED) is 0.556. The number of hydrogen-bond acceptors (Lipinski definition) is 3. The van der Waals surface area contributed by atoms with Gasteiger partial charge in [0.15, 0.2) is 18.5 Å². The number of benzene rings is 1. The third kappa shape index (κ3) is 3.88. The van der Waals surface area contributed by atoms with Crippen LogP contribution in [0.1, 0.15) is 52.2 Å². The summed E-state index contributed by atoms with van der Waals surface area (Å²) in [6.07, 6.45) is 1.40. The molecule has 0 saturated heterocycles. The van der Waals surface area contributed by atoms with E-state index in [9.17, 15) is 5.11 Å². The average Bonchev–Trinajstić information content (AvgIpc) is 2.73. The number of aliphatic hydroxyl groups is 1. The fourth-order valence-electron chi connectivity index (χ4n) is 3.43. The zero-order valence-corrected chi connectivity index (χ0v) is 15.8. The van der Waals surface area contributed by atoms with E-state index in [2.05, 4.69) is 43.5 Å². The Labute approximate surface area is 146 Å². The van der Waals surface area contributed by atoms with E-state index in [0.29, 0.717) is 19.6 Å². The molecule has 4 heteroatoms. The Hall–Kier alpha value is -1.23. The van der Waals surface area contributed by atoms with E-state index in [0.717, 1.165) is 13.0 Å². The zero-order chi connectivity index (χ0) is 17.7. The van der Waals surface area contributed by atoms with Gasteiger partial charge < -0.3 is 14.6 Å². The van der Waals surface area contributed by atoms with Crippen molar-refractivity contribution < 1.29 is 19.2 Å². The number of fused-ring (bicyclic) bond motifs is 1. The molecule has 24 heavy (non-hydrogen) atoms. The van der Waals surface area contributed by atoms with Crippen molar-refractivity contribution >= 4 is 11.4 Å². The van der Waals surface area contributed by atoms with Gasteiger partial charge in [0.2, 0.25) is 5.69 Å². The third-order valence-corrected chi connectivity index (χ3v) is 5.03. The van der Waals surface area contributed by atoms with Crippen LogP contribution in [0.15, 0.2) is 18.2 Å². The van der Waals surface area contributed by atoms with Gasteiger partial charge >= 0.3 is 0 Å². The van der Waals surface area contributed by atoms with Gasteiger partial charge in [-0.25, -0.2) is 0 Å². The van der Waals surface area contributed by atoms with Crippen LogP contribution in [-0.2, 0) is 21.3 Å². The molecule has 0 saturated carbocycles. The highest BCUT2D eigenvalue weighted by Gasteiger charge is 2.43. The number of hydrogen-bond donors (Lipinski definition) is 1. The molecule has 0 radical (unpaired) electrons. The maximum Gasteiger partial charge on any atom is 0.209 e. The Kier molecular flexibility index (Phi) is 6.55. The molecule has 4 nitrogen and oxygen atoms in total. The predicted octanol–water partition coefficient (Wildman–Crippen LogP) is 3.41. The normalized spacial score (nSPS) is 16.1. The minimum atomic E-state index is -0.145. The van der Waals surface area contributed by atoms with E-state index >= 15 is 0 Å². The van der Waals surface area contributed by atoms with Gasteiger partial charge in [0, 0.05) is 38.4 Å². The lowest BCUT2D eigenvalue weighted by molar-refractivity contribution is -0.444. The lowest BCUT2D eigenvalue weighted by atomic mass is 9.81. The van der Waals surface area contributed by atoms with E-state index in [-0.39, 0.29) is 18.3 Å². The van der Waals surface area contributed by atoms with Crippen molar-refractivity contribution in [2.75, 3.05) is 26.4 Å². The van der Waals surface area contributed by atoms with Crippen molar-refractivity contribution in [2.24, 2.45) is 0 Å². The summed E-state index contributed by atoms with van der Waals surface area (Å²) in [4.78, 5) is 0. The topological polar surface area (TPSA) is 41.7 Å². The maximum atomic E-state index is 9.21. The van der Waals surface area contributed by atoms with Crippen molar-refractivity contribution in [2.45, 2.75) is 59.2 Å². The Balaban J connectivity index is 2.23. The molecule has 0 amide bonds. The molecule has 1 heterocycles. The first-order valence-corrected chi connectivity index (χ1v) is 9.04. The van der Waals surface area contributed by atoms with Gasteiger partial charge in [-0.15, -0.1) is 0 Å². The second-order valence-corrected chi connectivity index (χ2v) is 6.82. The molecule has 0 spiro atoms. The van der Waals surface area contributed by atoms with Crippen LogP contribution in [0.25, 0.3) is 0 Å². The van der Waals surface area contributed by atoms with Crippen molar-refractivity contribution in [3.05, 3.63) is 29.3 Å². The van der Waals surface area contributed by atoms with Gasteiger partial charge in [-0.1, -0.05) is 6.07 Å². The average molecular weight is 334 g/mol. The summed E-state index contributed by atoms with van der Waals surface area (Å²) in [5.74, 6) is 0. The summed E-state index contributed by atoms with van der Waals surface area (Å²) in [5, 5.41) is 9.21. The second-order valence-electron chi connectivity index (χ2n) is 6.82. The Morgan fingerprint density at radius 1 is 1.17 bits per heavy atom. The molecular formula is C20H32NO3+. The van der Waals surface area contributed by atoms with Crippen LogP contribution in [0.2, 0.25) is 0 Å². The minimum absolute atomic E-state index is 0.00746. The van der Waals surface area contributed by atoms with Crippen LogP contribution in [0, 0.1) is 0 Å². The molecule has 1 aliphatic rings. The smallest absolute Gasteiger partial charge is 0.209 e. The number of nitrogens with zero attached hydrogens (tertiary/aromatic N) is 1. The van der Waals surface area contributed by atoms with Crippen LogP contribution in [-0.4, -0.2) is 48.0 Å². The highest BCUT2D eigenvalue weighted by Crippen LogP contribution is 2.40. The summed E-state index contributed by atoms with van der Waals surface area (Å²) in [6.45, 7) is 13.2. The standard InChI is InChI=1S/C20H32NO3/c1-6-23-19(24-7-2)10-12-21-15(3)20(4,5)17-14-16(11-13-22)8-9-18(17)21/h8-9,14,19,22H,6-7,10-13H2,1-5H3/q+1. The lowest BCUT2D eigenvalue weighted by Crippen LogP contribution is -2.28. The molecule has 1 N–H and O–H groups in total. The van der Waals surface area contributed by atoms with E-state index < -0.39 is 0 Å². The minimum Gasteiger partial charge on any atom is -0.396 e. The molecule has 0 fully saturated rings. The highest BCUT2D eigenvalue weighted by molar-refractivity contribution is 5.93. The van der Waals surface area contributed by atoms with Gasteiger partial charge in [0.05, 0.1) is 11.8 Å². The molecule has 0 aromatic heterocycles. The molecule has 2 rings (SSSR count). The van der Waals surface area contributed by atoms with Crippen molar-refractivity contribution in [3.63, 3.8) is 0 Å². The van der Waals surface area contributed by atoms with Gasteiger partial charge in [0.25, 0.3) is 0 Å².